The summed E-state index contributed by atoms with van der Waals surface area (Å²) in [6, 6.07) is 0. The average Bonchev–Trinajstić information content (AvgIpc) is 1.66. The molecular weight excluding hydrogens is 301 g/mol. The van der Waals surface area contributed by atoms with Gasteiger partial charge in [-0.25, -0.2) is 0 Å². The fourth-order valence-electron chi connectivity index (χ4n) is 0.145. The summed E-state index contributed by atoms with van der Waals surface area (Å²) in [7, 11) is 0. The molecule has 0 bridgehead atoms. The molecule has 0 heterocycles. The van der Waals surface area contributed by atoms with Crippen molar-refractivity contribution in [1.29, 1.82) is 0 Å². The molecule has 0 aromatic heterocycles. The van der Waals surface area contributed by atoms with Gasteiger partial charge in [0.25, 0.3) is 0 Å². The summed E-state index contributed by atoms with van der Waals surface area (Å²) in [5.41, 5.74) is 0. The van der Waals surface area contributed by atoms with E-state index in [0.29, 0.717) is 6.47 Å². The van der Waals surface area contributed by atoms with Crippen LogP contribution in [0.5, 0.6) is 0 Å². The summed E-state index contributed by atoms with van der Waals surface area (Å²) in [6.07, 6.45) is 0. The van der Waals surface area contributed by atoms with E-state index >= 15 is 0 Å². The van der Waals surface area contributed by atoms with E-state index in [1.165, 1.54) is 6.92 Å². The molecule has 0 rings (SSSR count). The van der Waals surface area contributed by atoms with Crippen molar-refractivity contribution in [3.05, 3.63) is 0 Å². The van der Waals surface area contributed by atoms with Gasteiger partial charge in [0, 0.05) is 0 Å². The first-order valence-electron chi connectivity index (χ1n) is 1.96. The normalized spacial score (nSPS) is 6.62. The predicted octanol–water partition coefficient (Wildman–Crippen LogP) is -0.365. The Bertz CT molecular complexity index is 91.3. The zero-order chi connectivity index (χ0) is 6.41. The molecule has 0 saturated heterocycles. The van der Waals surface area contributed by atoms with E-state index in [2.05, 4.69) is 5.29 Å². The Morgan fingerprint density at radius 2 is 2.38 bits per heavy atom. The number of hydrogen-bond donors (Lipinski definition) is 0. The number of rotatable bonds is 3. The van der Waals surface area contributed by atoms with Crippen LogP contribution in [0, 0.1) is 0 Å². The Morgan fingerprint density at radius 1 is 1.75 bits per heavy atom. The molecule has 0 aliphatic carbocycles. The maximum atomic E-state index is 9.96. The first-order valence-corrected chi connectivity index (χ1v) is 6.45. The van der Waals surface area contributed by atoms with Crippen molar-refractivity contribution in [2.75, 3.05) is 0 Å². The van der Waals surface area contributed by atoms with Crippen molar-refractivity contribution in [3.8, 4) is 0 Å². The van der Waals surface area contributed by atoms with Gasteiger partial charge in [-0.05, 0) is 0 Å². The molecule has 42 valence electrons. The van der Waals surface area contributed by atoms with Crippen molar-refractivity contribution in [3.63, 3.8) is 0 Å². The van der Waals surface area contributed by atoms with Crippen molar-refractivity contribution in [2.24, 2.45) is 0 Å². The van der Waals surface area contributed by atoms with Crippen LogP contribution in [-0.2, 0) is 40.4 Å². The molecule has 0 aliphatic rings. The van der Waals surface area contributed by atoms with Crippen LogP contribution in [0.3, 0.4) is 0 Å². The van der Waals surface area contributed by atoms with E-state index in [-0.39, 0.29) is 5.97 Å². The zero-order valence-corrected chi connectivity index (χ0v) is 9.92. The Morgan fingerprint density at radius 3 is 2.75 bits per heavy atom. The van der Waals surface area contributed by atoms with Gasteiger partial charge in [0.05, 0.1) is 0 Å². The van der Waals surface area contributed by atoms with Gasteiger partial charge in [0.2, 0.25) is 0 Å². The number of carbonyl (C=O) groups excluding carboxylic acids is 2. The fourth-order valence-corrected chi connectivity index (χ4v) is 1.27. The Hall–Kier alpha value is -0.125. The van der Waals surface area contributed by atoms with Crippen molar-refractivity contribution in [1.82, 2.24) is 0 Å². The van der Waals surface area contributed by atoms with E-state index in [1.54, 1.807) is 0 Å². The third kappa shape index (κ3) is 5.88. The molecule has 0 amide bonds. The second-order valence-electron chi connectivity index (χ2n) is 1.02. The van der Waals surface area contributed by atoms with Crippen molar-refractivity contribution < 1.29 is 40.4 Å². The summed E-state index contributed by atoms with van der Waals surface area (Å²) in [4.78, 5) is 19.4. The van der Waals surface area contributed by atoms with Gasteiger partial charge in [0.1, 0.15) is 0 Å². The topological polar surface area (TPSA) is 52.6 Å². The molecule has 0 aromatic carbocycles. The number of hydrogen-bond acceptors (Lipinski definition) is 4. The third-order valence-electron chi connectivity index (χ3n) is 0.398. The van der Waals surface area contributed by atoms with Crippen LogP contribution in [-0.4, -0.2) is 12.4 Å². The summed E-state index contributed by atoms with van der Waals surface area (Å²) >= 11 is -1.99. The molecule has 0 atom stereocenters. The summed E-state index contributed by atoms with van der Waals surface area (Å²) in [6.45, 7) is 1.60. The van der Waals surface area contributed by atoms with Crippen LogP contribution in [0.15, 0.2) is 0 Å². The SMILES string of the molecule is CC(=O)[O][Hg][O]C=O. The molecule has 4 nitrogen and oxygen atoms in total. The van der Waals surface area contributed by atoms with Gasteiger partial charge >= 0.3 is 59.7 Å². The third-order valence-corrected chi connectivity index (χ3v) is 3.49. The second kappa shape index (κ2) is 5.02. The first kappa shape index (κ1) is 7.88. The van der Waals surface area contributed by atoms with Gasteiger partial charge in [0.15, 0.2) is 0 Å². The minimum atomic E-state index is -1.99. The molecule has 8 heavy (non-hydrogen) atoms. The van der Waals surface area contributed by atoms with Crippen molar-refractivity contribution in [2.45, 2.75) is 6.92 Å². The average molecular weight is 305 g/mol. The van der Waals surface area contributed by atoms with E-state index < -0.39 is 25.5 Å². The minimum absolute atomic E-state index is 0.310. The predicted molar refractivity (Wildman–Crippen MR) is 18.9 cm³/mol. The molecule has 0 fully saturated rings. The monoisotopic (exact) mass is 306 g/mol. The molecule has 0 aromatic rings. The Balaban J connectivity index is 2.93. The molecule has 0 saturated carbocycles. The molecular formula is C3H4HgO4. The molecule has 0 aliphatic heterocycles. The second-order valence-corrected chi connectivity index (χ2v) is 4.35. The zero-order valence-electron chi connectivity index (χ0n) is 4.42. The fraction of sp³-hybridized carbons (Fsp3) is 0.333. The van der Waals surface area contributed by atoms with Crippen LogP contribution in [0.1, 0.15) is 6.92 Å². The van der Waals surface area contributed by atoms with Crippen LogP contribution < -0.4 is 0 Å². The standard InChI is InChI=1S/C2H4O2.CH2O2.Hg/c1-2(3)4;2-1-3;/h1H3,(H,3,4);1H,(H,2,3);/q;;+2/p-2. The van der Waals surface area contributed by atoms with Gasteiger partial charge in [-0.1, -0.05) is 0 Å². The van der Waals surface area contributed by atoms with Gasteiger partial charge in [-0.2, -0.15) is 0 Å². The Labute approximate surface area is 59.9 Å². The van der Waals surface area contributed by atoms with E-state index in [0.717, 1.165) is 0 Å². The summed E-state index contributed by atoms with van der Waals surface area (Å²) < 4.78 is 8.66. The van der Waals surface area contributed by atoms with Crippen molar-refractivity contribution >= 4 is 12.4 Å². The number of carbonyl (C=O) groups is 2. The van der Waals surface area contributed by atoms with Crippen LogP contribution in [0.2, 0.25) is 0 Å². The van der Waals surface area contributed by atoms with Gasteiger partial charge < -0.3 is 0 Å². The van der Waals surface area contributed by atoms with Crippen LogP contribution in [0.25, 0.3) is 0 Å². The van der Waals surface area contributed by atoms with Crippen LogP contribution >= 0.6 is 0 Å². The van der Waals surface area contributed by atoms with E-state index in [4.69, 9.17) is 0 Å². The van der Waals surface area contributed by atoms with Gasteiger partial charge in [-0.15, -0.1) is 0 Å². The van der Waals surface area contributed by atoms with Crippen LogP contribution in [0.4, 0.5) is 0 Å². The van der Waals surface area contributed by atoms with E-state index in [9.17, 15) is 9.59 Å². The summed E-state index contributed by atoms with van der Waals surface area (Å²) in [5.74, 6) is -0.367. The first-order chi connectivity index (χ1) is 3.77. The van der Waals surface area contributed by atoms with E-state index in [1.807, 2.05) is 0 Å². The molecule has 0 radical (unpaired) electrons. The van der Waals surface area contributed by atoms with Gasteiger partial charge in [-0.3, -0.25) is 0 Å². The molecule has 0 spiro atoms. The quantitative estimate of drug-likeness (QED) is 0.406. The molecule has 0 N–H and O–H groups in total. The maximum absolute atomic E-state index is 9.96. The molecule has 0 unspecified atom stereocenters. The summed E-state index contributed by atoms with van der Waals surface area (Å²) in [5, 5.41) is 0. The molecule has 5 heteroatoms. The Kier molecular flexibility index (Phi) is 4.94.